The second-order valence-electron chi connectivity index (χ2n) is 18.1. The summed E-state index contributed by atoms with van der Waals surface area (Å²) in [5.74, 6) is -2.65. The number of hydrogen-bond donors (Lipinski definition) is 0. The molecule has 3 aliphatic heterocycles. The monoisotopic (exact) mass is 1220 g/mol. The molecule has 1 unspecified atom stereocenters. The van der Waals surface area contributed by atoms with Crippen LogP contribution in [-0.2, 0) is 92.9 Å². The van der Waals surface area contributed by atoms with Gasteiger partial charge in [0.2, 0.25) is 5.36 Å². The zero-order chi connectivity index (χ0) is 57.3. The van der Waals surface area contributed by atoms with E-state index in [9.17, 15) is 53.3 Å². The van der Waals surface area contributed by atoms with Gasteiger partial charge in [-0.15, -0.1) is 5.06 Å². The average Bonchev–Trinajstić information content (AvgIpc) is 3.86. The summed E-state index contributed by atoms with van der Waals surface area (Å²) in [6.07, 6.45) is 6.78. The summed E-state index contributed by atoms with van der Waals surface area (Å²) >= 11 is 0. The fraction of sp³-hybridized carbons (Fsp3) is 0.569. The molecule has 25 nitrogen and oxygen atoms in total. The van der Waals surface area contributed by atoms with Crippen molar-refractivity contribution in [2.45, 2.75) is 55.8 Å². The van der Waals surface area contributed by atoms with Crippen LogP contribution in [0.3, 0.4) is 0 Å². The zero-order valence-corrected chi connectivity index (χ0v) is 52.7. The van der Waals surface area contributed by atoms with Crippen LogP contribution in [0.25, 0.3) is 17.4 Å². The van der Waals surface area contributed by atoms with Crippen LogP contribution in [0.1, 0.15) is 56.6 Å². The number of allylic oxidation sites excluding steroid dienone is 3. The molecule has 5 rings (SSSR count). The van der Waals surface area contributed by atoms with Gasteiger partial charge >= 0.3 is 65.1 Å². The van der Waals surface area contributed by atoms with Gasteiger partial charge < -0.3 is 65.7 Å². The van der Waals surface area contributed by atoms with E-state index in [1.165, 1.54) is 24.5 Å². The Kier molecular flexibility index (Phi) is 32.7. The third-order valence-corrected chi connectivity index (χ3v) is 14.8. The largest absolute Gasteiger partial charge is 1.00 e. The summed E-state index contributed by atoms with van der Waals surface area (Å²) in [5, 5.41) is 1.16. The maximum Gasteiger partial charge on any atom is 1.00 e. The Morgan fingerprint density at radius 2 is 1.25 bits per heavy atom. The molecule has 3 heterocycles. The molecule has 2 amide bonds. The first kappa shape index (κ1) is 72.2. The second-order valence-corrected chi connectivity index (χ2v) is 22.6. The van der Waals surface area contributed by atoms with Gasteiger partial charge in [-0.2, -0.15) is 0 Å². The Balaban J connectivity index is 0.00000861. The Bertz CT molecular complexity index is 2910. The van der Waals surface area contributed by atoms with Gasteiger partial charge in [0.1, 0.15) is 29.0 Å². The molecule has 0 radical (unpaired) electrons. The van der Waals surface area contributed by atoms with Crippen molar-refractivity contribution in [3.63, 3.8) is 0 Å². The van der Waals surface area contributed by atoms with E-state index in [4.69, 9.17) is 47.1 Å². The van der Waals surface area contributed by atoms with Crippen molar-refractivity contribution < 1.29 is 160 Å². The fourth-order valence-electron chi connectivity index (χ4n) is 8.54. The normalized spacial score (nSPS) is 16.6. The summed E-state index contributed by atoms with van der Waals surface area (Å²) in [5.41, 5.74) is 1.89. The summed E-state index contributed by atoms with van der Waals surface area (Å²) < 4.78 is 158. The number of carbonyl (C=O) groups is 3. The third-order valence-electron chi connectivity index (χ3n) is 12.4. The van der Waals surface area contributed by atoms with Crippen LogP contribution in [0.5, 0.6) is 0 Å². The Hall–Kier alpha value is -3.05. The number of ether oxygens (including phenoxy) is 8. The van der Waals surface area contributed by atoms with Crippen molar-refractivity contribution in [1.82, 2.24) is 9.64 Å². The van der Waals surface area contributed by atoms with E-state index >= 15 is 0 Å². The van der Waals surface area contributed by atoms with Crippen molar-refractivity contribution in [2.24, 2.45) is 0 Å². The first-order valence-electron chi connectivity index (χ1n) is 25.5. The number of hydroxylamine groups is 2. The molecule has 0 N–H and O–H groups in total. The van der Waals surface area contributed by atoms with Crippen molar-refractivity contribution in [2.75, 3.05) is 142 Å². The van der Waals surface area contributed by atoms with Gasteiger partial charge in [-0.1, -0.05) is 12.2 Å². The number of anilines is 1. The van der Waals surface area contributed by atoms with E-state index in [1.807, 2.05) is 27.7 Å². The Morgan fingerprint density at radius 3 is 1.83 bits per heavy atom. The minimum atomic E-state index is -4.91. The van der Waals surface area contributed by atoms with Crippen LogP contribution in [0, 0.1) is 0 Å². The van der Waals surface area contributed by atoms with E-state index in [0.717, 1.165) is 5.56 Å². The SMILES string of the molecule is COCCOCCOCCOCC[N+](CCCS(=O)(=O)[O-])=c1ccc2c(/C=C/C=C3/N(CCOCCOCCOCCOCCC(=O)ON4C(=O)CCC4=O)c4ccc(S(=O)(=O)[O-])cc4C3(C)CCCS(=O)(=O)[O-])ccoc-2c1.[Na+].[Na+]. The standard InChI is InChI=1S/C51H71N3O22S3.2Na/c1-51(16-4-36-77(58,59)60)44-39-42(79(64,65)66)9-11-45(44)53(19-23-70-28-31-74-35-34-72-29-26-68-20-15-50(57)76-54-48(55)12-13-49(54)56)47(51)7-3-6-40-14-21-75-46-38-41(8-10-43(40)46)52(17-5-37-78(61,62)63)18-22-69-27-30-73-33-32-71-25-24-67-2;;/h3,6-11,14,21,38-39H,4-5,12-13,15-20,22-37H2,1-2H3,(H2-,58,59,60,61,62,63,64,65,66);;/q;2*+1/p-2. The quantitative estimate of drug-likeness (QED) is 0.0172. The molecule has 0 bridgehead atoms. The van der Waals surface area contributed by atoms with Crippen LogP contribution >= 0.6 is 0 Å². The van der Waals surface area contributed by atoms with Gasteiger partial charge in [0.15, 0.2) is 6.54 Å². The van der Waals surface area contributed by atoms with E-state index in [1.54, 1.807) is 38.3 Å². The van der Waals surface area contributed by atoms with Gasteiger partial charge in [0, 0.05) is 72.9 Å². The van der Waals surface area contributed by atoms with Crippen molar-refractivity contribution >= 4 is 59.9 Å². The van der Waals surface area contributed by atoms with Crippen LogP contribution in [0.15, 0.2) is 75.9 Å². The Labute approximate surface area is 517 Å². The molecule has 440 valence electrons. The van der Waals surface area contributed by atoms with Gasteiger partial charge in [-0.05, 0) is 67.3 Å². The summed E-state index contributed by atoms with van der Waals surface area (Å²) in [6.45, 7) is 6.64. The van der Waals surface area contributed by atoms with Crippen LogP contribution in [-0.4, -0.2) is 199 Å². The van der Waals surface area contributed by atoms with E-state index in [-0.39, 0.29) is 170 Å². The molecule has 0 aromatic heterocycles. The molecular formula is C51H69N3Na2O22S3. The smallest absolute Gasteiger partial charge is 0.748 e. The summed E-state index contributed by atoms with van der Waals surface area (Å²) in [7, 11) is -12.4. The van der Waals surface area contributed by atoms with Crippen LogP contribution in [0.4, 0.5) is 5.69 Å². The molecule has 1 atom stereocenters. The average molecular weight is 1220 g/mol. The molecule has 1 aromatic carbocycles. The molecule has 1 aliphatic carbocycles. The molecule has 1 aromatic rings. The number of rotatable bonds is 39. The van der Waals surface area contributed by atoms with Crippen molar-refractivity contribution in [1.29, 1.82) is 0 Å². The second kappa shape index (κ2) is 36.7. The van der Waals surface area contributed by atoms with E-state index in [0.29, 0.717) is 84.9 Å². The number of imide groups is 1. The van der Waals surface area contributed by atoms with Gasteiger partial charge in [0.05, 0.1) is 136 Å². The predicted octanol–water partition coefficient (Wildman–Crippen LogP) is -4.24. The van der Waals surface area contributed by atoms with Crippen molar-refractivity contribution in [3.05, 3.63) is 83.1 Å². The maximum atomic E-state index is 12.3. The molecule has 4 aliphatic rings. The van der Waals surface area contributed by atoms with E-state index in [2.05, 4.69) is 0 Å². The van der Waals surface area contributed by atoms with Gasteiger partial charge in [-0.25, -0.2) is 34.6 Å². The van der Waals surface area contributed by atoms with Gasteiger partial charge in [0.25, 0.3) is 11.8 Å². The molecule has 0 spiro atoms. The number of nitrogens with zero attached hydrogens (tertiary/aromatic N) is 3. The number of methoxy groups -OCH3 is 1. The minimum absolute atomic E-state index is 0. The summed E-state index contributed by atoms with van der Waals surface area (Å²) in [4.78, 5) is 41.2. The third kappa shape index (κ3) is 25.2. The first-order valence-corrected chi connectivity index (χ1v) is 30.1. The topological polar surface area (TPSA) is 329 Å². The maximum absolute atomic E-state index is 12.3. The Morgan fingerprint density at radius 1 is 0.691 bits per heavy atom. The molecule has 1 saturated heterocycles. The molecule has 30 heteroatoms. The molecule has 0 saturated carbocycles. The summed E-state index contributed by atoms with van der Waals surface area (Å²) in [6, 6.07) is 11.2. The molecule has 81 heavy (non-hydrogen) atoms. The van der Waals surface area contributed by atoms with Crippen LogP contribution in [0.2, 0.25) is 0 Å². The first-order chi connectivity index (χ1) is 37.7. The predicted molar refractivity (Wildman–Crippen MR) is 279 cm³/mol. The van der Waals surface area contributed by atoms with Gasteiger partial charge in [-0.3, -0.25) is 9.59 Å². The fourth-order valence-corrected chi connectivity index (χ4v) is 10.0. The van der Waals surface area contributed by atoms with E-state index < -0.39 is 70.0 Å². The molecular weight excluding hydrogens is 1150 g/mol. The number of fused-ring (bicyclic) bond motifs is 2. The minimum Gasteiger partial charge on any atom is -0.748 e. The molecule has 1 fully saturated rings. The number of amides is 2. The number of carbonyl (C=O) groups excluding carboxylic acids is 3. The zero-order valence-electron chi connectivity index (χ0n) is 46.3. The number of hydrogen-bond acceptors (Lipinski definition) is 23. The van der Waals surface area contributed by atoms with Crippen LogP contribution < -0.4 is 73.9 Å². The van der Waals surface area contributed by atoms with Crippen molar-refractivity contribution in [3.8, 4) is 11.3 Å². The number of benzene rings is 2.